The zero-order valence-electron chi connectivity index (χ0n) is 16.9. The highest BCUT2D eigenvalue weighted by molar-refractivity contribution is 5.92. The second-order valence-corrected chi connectivity index (χ2v) is 7.99. The maximum atomic E-state index is 12.0. The predicted molar refractivity (Wildman–Crippen MR) is 113 cm³/mol. The average molecular weight is 401 g/mol. The van der Waals surface area contributed by atoms with Crippen LogP contribution in [0.1, 0.15) is 44.9 Å². The first-order chi connectivity index (χ1) is 14.1. The Morgan fingerprint density at radius 3 is 2.62 bits per heavy atom. The number of rotatable bonds is 12. The summed E-state index contributed by atoms with van der Waals surface area (Å²) in [4.78, 5) is 22.6. The number of anilines is 1. The molecule has 2 heterocycles. The molecule has 2 aliphatic heterocycles. The molecule has 3 N–H and O–H groups in total. The normalized spacial score (nSPS) is 25.5. The molecule has 0 unspecified atom stereocenters. The van der Waals surface area contributed by atoms with Crippen LogP contribution in [0, 0.1) is 11.8 Å². The van der Waals surface area contributed by atoms with Crippen molar-refractivity contribution >= 4 is 17.6 Å². The molecule has 0 aliphatic carbocycles. The number of allylic oxidation sites excluding steroid dienone is 2. The van der Waals surface area contributed by atoms with Crippen LogP contribution in [-0.4, -0.2) is 42.3 Å². The molecule has 2 fully saturated rings. The van der Waals surface area contributed by atoms with Crippen LogP contribution < -0.4 is 10.6 Å². The summed E-state index contributed by atoms with van der Waals surface area (Å²) in [6.45, 7) is 1.11. The maximum Gasteiger partial charge on any atom is 0.303 e. The zero-order chi connectivity index (χ0) is 20.5. The summed E-state index contributed by atoms with van der Waals surface area (Å²) in [5, 5.41) is 14.8. The van der Waals surface area contributed by atoms with Gasteiger partial charge in [-0.2, -0.15) is 0 Å². The number of hydrogen-bond acceptors (Lipinski definition) is 4. The van der Waals surface area contributed by atoms with Crippen molar-refractivity contribution < 1.29 is 19.4 Å². The molecule has 2 aliphatic rings. The van der Waals surface area contributed by atoms with Crippen molar-refractivity contribution in [3.8, 4) is 0 Å². The van der Waals surface area contributed by atoms with Crippen LogP contribution in [0.3, 0.4) is 0 Å². The van der Waals surface area contributed by atoms with Crippen molar-refractivity contribution in [2.45, 2.75) is 57.2 Å². The Hall–Kier alpha value is -2.18. The second-order valence-electron chi connectivity index (χ2n) is 7.99. The highest BCUT2D eigenvalue weighted by Gasteiger charge is 2.47. The van der Waals surface area contributed by atoms with Gasteiger partial charge in [0, 0.05) is 12.1 Å². The Labute approximate surface area is 172 Å². The van der Waals surface area contributed by atoms with E-state index in [-0.39, 0.29) is 12.3 Å². The number of fused-ring (bicyclic) bond motifs is 2. The molecule has 1 aromatic rings. The Kier molecular flexibility index (Phi) is 8.25. The van der Waals surface area contributed by atoms with Crippen LogP contribution in [0.5, 0.6) is 0 Å². The number of benzene rings is 1. The number of amides is 1. The SMILES string of the molecule is O=C(O)CCCC=CC[C@@H]1[C@H](CCNCC(=O)Nc2ccccc2)[C@@H]2CC[C@H]1O2. The van der Waals surface area contributed by atoms with E-state index in [0.29, 0.717) is 37.0 Å². The number of carbonyl (C=O) groups is 2. The molecule has 2 bridgehead atoms. The van der Waals surface area contributed by atoms with E-state index < -0.39 is 5.97 Å². The number of para-hydroxylation sites is 1. The first kappa shape index (κ1) is 21.5. The number of aliphatic carboxylic acids is 1. The maximum absolute atomic E-state index is 12.0. The number of unbranched alkanes of at least 4 members (excludes halogenated alkanes) is 1. The molecule has 0 radical (unpaired) electrons. The molecular weight excluding hydrogens is 368 g/mol. The molecular formula is C23H32N2O4. The van der Waals surface area contributed by atoms with Crippen LogP contribution in [0.25, 0.3) is 0 Å². The number of nitrogens with one attached hydrogen (secondary N) is 2. The Balaban J connectivity index is 1.35. The summed E-state index contributed by atoms with van der Waals surface area (Å²) >= 11 is 0. The minimum absolute atomic E-state index is 0.0266. The summed E-state index contributed by atoms with van der Waals surface area (Å²) < 4.78 is 6.15. The van der Waals surface area contributed by atoms with Crippen molar-refractivity contribution in [2.24, 2.45) is 11.8 Å². The number of carboxylic acids is 1. The highest BCUT2D eigenvalue weighted by Crippen LogP contribution is 2.46. The van der Waals surface area contributed by atoms with Crippen LogP contribution in [-0.2, 0) is 14.3 Å². The first-order valence-corrected chi connectivity index (χ1v) is 10.7. The van der Waals surface area contributed by atoms with Gasteiger partial charge >= 0.3 is 5.97 Å². The van der Waals surface area contributed by atoms with Crippen LogP contribution >= 0.6 is 0 Å². The molecule has 2 saturated heterocycles. The van der Waals surface area contributed by atoms with E-state index in [0.717, 1.165) is 44.3 Å². The van der Waals surface area contributed by atoms with Gasteiger partial charge in [0.1, 0.15) is 0 Å². The fourth-order valence-electron chi connectivity index (χ4n) is 4.54. The van der Waals surface area contributed by atoms with E-state index in [4.69, 9.17) is 9.84 Å². The summed E-state index contributed by atoms with van der Waals surface area (Å²) in [6.07, 6.45) is 11.0. The van der Waals surface area contributed by atoms with Gasteiger partial charge in [0.25, 0.3) is 0 Å². The summed E-state index contributed by atoms with van der Waals surface area (Å²) in [6, 6.07) is 9.49. The van der Waals surface area contributed by atoms with E-state index in [9.17, 15) is 9.59 Å². The minimum atomic E-state index is -0.732. The van der Waals surface area contributed by atoms with Crippen LogP contribution in [0.4, 0.5) is 5.69 Å². The first-order valence-electron chi connectivity index (χ1n) is 10.7. The largest absolute Gasteiger partial charge is 0.481 e. The number of carbonyl (C=O) groups excluding carboxylic acids is 1. The third-order valence-electron chi connectivity index (χ3n) is 5.92. The van der Waals surface area contributed by atoms with Gasteiger partial charge in [-0.15, -0.1) is 0 Å². The Morgan fingerprint density at radius 2 is 1.86 bits per heavy atom. The van der Waals surface area contributed by atoms with Crippen LogP contribution in [0.2, 0.25) is 0 Å². The highest BCUT2D eigenvalue weighted by atomic mass is 16.5. The van der Waals surface area contributed by atoms with Gasteiger partial charge in [0.05, 0.1) is 18.8 Å². The standard InChI is InChI=1S/C23H32N2O4/c26-22(25-17-8-4-3-5-9-17)16-24-15-14-19-18(20-12-13-21(19)29-20)10-6-1-2-7-11-23(27)28/h1,3-6,8-9,18-21,24H,2,7,10-16H2,(H,25,26)(H,27,28)/t18-,19+,20-,21+/m1/s1. The fourth-order valence-corrected chi connectivity index (χ4v) is 4.54. The summed E-state index contributed by atoms with van der Waals surface area (Å²) in [5.74, 6) is 0.303. The van der Waals surface area contributed by atoms with Crippen LogP contribution in [0.15, 0.2) is 42.5 Å². The van der Waals surface area contributed by atoms with Crippen molar-refractivity contribution in [1.82, 2.24) is 5.32 Å². The fraction of sp³-hybridized carbons (Fsp3) is 0.565. The quantitative estimate of drug-likeness (QED) is 0.369. The van der Waals surface area contributed by atoms with Gasteiger partial charge in [-0.1, -0.05) is 30.4 Å². The summed E-state index contributed by atoms with van der Waals surface area (Å²) in [7, 11) is 0. The smallest absolute Gasteiger partial charge is 0.303 e. The second kappa shape index (κ2) is 11.1. The zero-order valence-corrected chi connectivity index (χ0v) is 16.9. The predicted octanol–water partition coefficient (Wildman–Crippen LogP) is 3.60. The van der Waals surface area contributed by atoms with Gasteiger partial charge in [0.2, 0.25) is 5.91 Å². The van der Waals surface area contributed by atoms with E-state index in [1.807, 2.05) is 30.3 Å². The van der Waals surface area contributed by atoms with Gasteiger partial charge in [0.15, 0.2) is 0 Å². The number of hydrogen-bond donors (Lipinski definition) is 3. The monoisotopic (exact) mass is 400 g/mol. The third kappa shape index (κ3) is 6.68. The van der Waals surface area contributed by atoms with E-state index in [1.165, 1.54) is 0 Å². The summed E-state index contributed by atoms with van der Waals surface area (Å²) in [5.41, 5.74) is 0.816. The molecule has 6 heteroatoms. The van der Waals surface area contributed by atoms with Crippen molar-refractivity contribution in [1.29, 1.82) is 0 Å². The molecule has 158 valence electrons. The Morgan fingerprint density at radius 1 is 1.10 bits per heavy atom. The lowest BCUT2D eigenvalue weighted by atomic mass is 9.76. The molecule has 3 rings (SSSR count). The average Bonchev–Trinajstić information content (AvgIpc) is 3.30. The lowest BCUT2D eigenvalue weighted by Crippen LogP contribution is -2.33. The van der Waals surface area contributed by atoms with E-state index >= 15 is 0 Å². The molecule has 1 aromatic carbocycles. The topological polar surface area (TPSA) is 87.7 Å². The molecule has 29 heavy (non-hydrogen) atoms. The van der Waals surface area contributed by atoms with E-state index in [2.05, 4.69) is 22.8 Å². The lowest BCUT2D eigenvalue weighted by Gasteiger charge is -2.27. The third-order valence-corrected chi connectivity index (χ3v) is 5.92. The molecule has 4 atom stereocenters. The molecule has 1 amide bonds. The van der Waals surface area contributed by atoms with Crippen molar-refractivity contribution in [2.75, 3.05) is 18.4 Å². The van der Waals surface area contributed by atoms with Gasteiger partial charge in [-0.3, -0.25) is 9.59 Å². The molecule has 0 spiro atoms. The van der Waals surface area contributed by atoms with Gasteiger partial charge in [-0.05, 0) is 69.0 Å². The Bertz CT molecular complexity index is 691. The van der Waals surface area contributed by atoms with Crippen molar-refractivity contribution in [3.05, 3.63) is 42.5 Å². The molecule has 6 nitrogen and oxygen atoms in total. The van der Waals surface area contributed by atoms with Crippen molar-refractivity contribution in [3.63, 3.8) is 0 Å². The molecule has 0 saturated carbocycles. The number of carboxylic acid groups (broad SMARTS) is 1. The van der Waals surface area contributed by atoms with Gasteiger partial charge in [-0.25, -0.2) is 0 Å². The minimum Gasteiger partial charge on any atom is -0.481 e. The number of ether oxygens (including phenoxy) is 1. The van der Waals surface area contributed by atoms with E-state index in [1.54, 1.807) is 0 Å². The lowest BCUT2D eigenvalue weighted by molar-refractivity contribution is -0.137. The molecule has 0 aromatic heterocycles. The van der Waals surface area contributed by atoms with Gasteiger partial charge < -0.3 is 20.5 Å².